The van der Waals surface area contributed by atoms with Crippen LogP contribution in [0.25, 0.3) is 0 Å². The van der Waals surface area contributed by atoms with Gasteiger partial charge in [-0.3, -0.25) is 4.79 Å². The van der Waals surface area contributed by atoms with Crippen LogP contribution in [0, 0.1) is 31.1 Å². The van der Waals surface area contributed by atoms with Crippen LogP contribution in [-0.2, 0) is 14.3 Å². The summed E-state index contributed by atoms with van der Waals surface area (Å²) in [6, 6.07) is 5.59. The van der Waals surface area contributed by atoms with Gasteiger partial charge in [0.25, 0.3) is 5.91 Å². The van der Waals surface area contributed by atoms with Crippen LogP contribution in [0.2, 0.25) is 5.02 Å². The quantitative estimate of drug-likeness (QED) is 0.751. The molecule has 1 N–H and O–H groups in total. The predicted octanol–water partition coefficient (Wildman–Crippen LogP) is 2.69. The summed E-state index contributed by atoms with van der Waals surface area (Å²) < 4.78 is 10.4. The fourth-order valence-corrected chi connectivity index (χ4v) is 2.98. The molecule has 1 aromatic carbocycles. The number of halogens is 1. The number of carbonyl (C=O) groups is 2. The van der Waals surface area contributed by atoms with Crippen LogP contribution in [0.5, 0.6) is 5.75 Å². The van der Waals surface area contributed by atoms with E-state index in [1.54, 1.807) is 19.1 Å². The molecule has 7 heteroatoms. The molecule has 1 aromatic rings. The zero-order chi connectivity index (χ0) is 18.6. The van der Waals surface area contributed by atoms with Gasteiger partial charge in [0.15, 0.2) is 13.2 Å². The van der Waals surface area contributed by atoms with Gasteiger partial charge in [0.05, 0.1) is 6.07 Å². The number of amides is 1. The van der Waals surface area contributed by atoms with Crippen LogP contribution in [0.4, 0.5) is 0 Å². The normalized spacial score (nSPS) is 15.6. The summed E-state index contributed by atoms with van der Waals surface area (Å²) in [5.74, 6) is -0.426. The first-order valence-electron chi connectivity index (χ1n) is 8.02. The highest BCUT2D eigenvalue weighted by Crippen LogP contribution is 2.39. The average Bonchev–Trinajstić information content (AvgIpc) is 3.37. The lowest BCUT2D eigenvalue weighted by atomic mass is 9.98. The lowest BCUT2D eigenvalue weighted by Crippen LogP contribution is -2.48. The van der Waals surface area contributed by atoms with Crippen LogP contribution in [-0.4, -0.2) is 30.6 Å². The number of aryl methyl sites for hydroxylation is 2. The summed E-state index contributed by atoms with van der Waals surface area (Å²) in [6.45, 7) is 4.58. The Balaban J connectivity index is 1.79. The monoisotopic (exact) mass is 364 g/mol. The Morgan fingerprint density at radius 1 is 1.32 bits per heavy atom. The number of hydrogen-bond acceptors (Lipinski definition) is 5. The molecule has 2 rings (SSSR count). The van der Waals surface area contributed by atoms with E-state index in [0.29, 0.717) is 10.8 Å². The van der Waals surface area contributed by atoms with Gasteiger partial charge in [0.1, 0.15) is 11.3 Å². The minimum atomic E-state index is -0.905. The van der Waals surface area contributed by atoms with Crippen molar-refractivity contribution in [2.45, 2.75) is 39.2 Å². The highest BCUT2D eigenvalue weighted by atomic mass is 35.5. The molecule has 0 unspecified atom stereocenters. The number of esters is 1. The highest BCUT2D eigenvalue weighted by Gasteiger charge is 2.43. The molecule has 6 nitrogen and oxygen atoms in total. The van der Waals surface area contributed by atoms with Gasteiger partial charge in [-0.05, 0) is 62.8 Å². The molecule has 1 atom stereocenters. The van der Waals surface area contributed by atoms with Crippen molar-refractivity contribution in [2.24, 2.45) is 5.92 Å². The molecule has 25 heavy (non-hydrogen) atoms. The molecule has 0 aromatic heterocycles. The van der Waals surface area contributed by atoms with Crippen LogP contribution in [0.15, 0.2) is 12.1 Å². The molecule has 1 amide bonds. The number of benzene rings is 1. The number of nitrogens with zero attached hydrogens (tertiary/aromatic N) is 1. The lowest BCUT2D eigenvalue weighted by molar-refractivity contribution is -0.150. The third kappa shape index (κ3) is 5.10. The van der Waals surface area contributed by atoms with Crippen molar-refractivity contribution in [3.8, 4) is 11.8 Å². The largest absolute Gasteiger partial charge is 0.481 e. The zero-order valence-electron chi connectivity index (χ0n) is 14.5. The molecule has 1 saturated carbocycles. The molecule has 1 fully saturated rings. The lowest BCUT2D eigenvalue weighted by Gasteiger charge is -2.22. The van der Waals surface area contributed by atoms with Crippen LogP contribution in [0.3, 0.4) is 0 Å². The summed E-state index contributed by atoms with van der Waals surface area (Å²) in [5, 5.41) is 12.4. The van der Waals surface area contributed by atoms with E-state index in [-0.39, 0.29) is 12.5 Å². The van der Waals surface area contributed by atoms with E-state index in [4.69, 9.17) is 21.1 Å². The second-order valence-electron chi connectivity index (χ2n) is 6.45. The number of nitriles is 1. The standard InChI is InChI=1S/C18H21ClN2O4/c1-11-6-14(19)7-12(2)17(11)25-9-16(23)24-8-15(22)21-18(3,10-20)13-4-5-13/h6-7,13H,4-5,8-9H2,1-3H3,(H,21,22)/t18-/m1/s1. The van der Waals surface area contributed by atoms with Crippen molar-refractivity contribution >= 4 is 23.5 Å². The Morgan fingerprint density at radius 3 is 2.44 bits per heavy atom. The molecule has 0 heterocycles. The molecule has 1 aliphatic carbocycles. The number of rotatable bonds is 7. The van der Waals surface area contributed by atoms with E-state index in [9.17, 15) is 14.9 Å². The summed E-state index contributed by atoms with van der Waals surface area (Å²) >= 11 is 5.95. The molecule has 0 spiro atoms. The molecular formula is C18H21ClN2O4. The highest BCUT2D eigenvalue weighted by molar-refractivity contribution is 6.30. The van der Waals surface area contributed by atoms with E-state index < -0.39 is 24.0 Å². The van der Waals surface area contributed by atoms with Gasteiger partial charge in [-0.25, -0.2) is 4.79 Å². The summed E-state index contributed by atoms with van der Waals surface area (Å²) in [5.41, 5.74) is 0.715. The van der Waals surface area contributed by atoms with Gasteiger partial charge >= 0.3 is 5.97 Å². The maximum absolute atomic E-state index is 11.9. The van der Waals surface area contributed by atoms with Crippen molar-refractivity contribution < 1.29 is 19.1 Å². The first-order chi connectivity index (χ1) is 11.7. The molecule has 0 saturated heterocycles. The van der Waals surface area contributed by atoms with Crippen molar-refractivity contribution in [1.82, 2.24) is 5.32 Å². The smallest absolute Gasteiger partial charge is 0.344 e. The topological polar surface area (TPSA) is 88.4 Å². The summed E-state index contributed by atoms with van der Waals surface area (Å²) in [6.07, 6.45) is 1.83. The van der Waals surface area contributed by atoms with E-state index in [1.807, 2.05) is 13.8 Å². The second kappa shape index (κ2) is 7.75. The fourth-order valence-electron chi connectivity index (χ4n) is 2.65. The third-order valence-electron chi connectivity index (χ3n) is 4.15. The van der Waals surface area contributed by atoms with Crippen molar-refractivity contribution in [3.05, 3.63) is 28.3 Å². The predicted molar refractivity (Wildman–Crippen MR) is 92.3 cm³/mol. The molecule has 134 valence electrons. The van der Waals surface area contributed by atoms with Crippen molar-refractivity contribution in [2.75, 3.05) is 13.2 Å². The Morgan fingerprint density at radius 2 is 1.92 bits per heavy atom. The SMILES string of the molecule is Cc1cc(Cl)cc(C)c1OCC(=O)OCC(=O)N[C@](C)(C#N)C1CC1. The van der Waals surface area contributed by atoms with Crippen molar-refractivity contribution in [1.29, 1.82) is 5.26 Å². The van der Waals surface area contributed by atoms with E-state index >= 15 is 0 Å². The van der Waals surface area contributed by atoms with Gasteiger partial charge in [-0.1, -0.05) is 11.6 Å². The van der Waals surface area contributed by atoms with Crippen LogP contribution >= 0.6 is 11.6 Å². The number of nitrogens with one attached hydrogen (secondary N) is 1. The Labute approximate surface area is 152 Å². The second-order valence-corrected chi connectivity index (χ2v) is 6.89. The van der Waals surface area contributed by atoms with Crippen LogP contribution in [0.1, 0.15) is 30.9 Å². The maximum Gasteiger partial charge on any atom is 0.344 e. The Bertz CT molecular complexity index is 701. The van der Waals surface area contributed by atoms with Gasteiger partial charge in [-0.2, -0.15) is 5.26 Å². The van der Waals surface area contributed by atoms with Gasteiger partial charge in [0, 0.05) is 5.02 Å². The van der Waals surface area contributed by atoms with E-state index in [0.717, 1.165) is 24.0 Å². The average molecular weight is 365 g/mol. The van der Waals surface area contributed by atoms with Crippen molar-refractivity contribution in [3.63, 3.8) is 0 Å². The Hall–Kier alpha value is -2.26. The van der Waals surface area contributed by atoms with E-state index in [1.165, 1.54) is 0 Å². The fraction of sp³-hybridized carbons (Fsp3) is 0.500. The molecule has 0 bridgehead atoms. The van der Waals surface area contributed by atoms with Gasteiger partial charge in [0.2, 0.25) is 0 Å². The molecule has 0 radical (unpaired) electrons. The van der Waals surface area contributed by atoms with E-state index in [2.05, 4.69) is 11.4 Å². The number of hydrogen-bond donors (Lipinski definition) is 1. The Kier molecular flexibility index (Phi) is 5.91. The molecule has 1 aliphatic rings. The van der Waals surface area contributed by atoms with Gasteiger partial charge in [-0.15, -0.1) is 0 Å². The minimum absolute atomic E-state index is 0.163. The summed E-state index contributed by atoms with van der Waals surface area (Å²) in [7, 11) is 0. The maximum atomic E-state index is 11.9. The zero-order valence-corrected chi connectivity index (χ0v) is 15.3. The third-order valence-corrected chi connectivity index (χ3v) is 4.37. The molecular weight excluding hydrogens is 344 g/mol. The van der Waals surface area contributed by atoms with Gasteiger partial charge < -0.3 is 14.8 Å². The first kappa shape index (κ1) is 19.1. The number of carbonyl (C=O) groups excluding carboxylic acids is 2. The number of ether oxygens (including phenoxy) is 2. The minimum Gasteiger partial charge on any atom is -0.481 e. The van der Waals surface area contributed by atoms with Crippen LogP contribution < -0.4 is 10.1 Å². The molecule has 0 aliphatic heterocycles. The summed E-state index contributed by atoms with van der Waals surface area (Å²) in [4.78, 5) is 23.7. The first-order valence-corrected chi connectivity index (χ1v) is 8.40.